The first kappa shape index (κ1) is 19.5. The van der Waals surface area contributed by atoms with Crippen molar-refractivity contribution in [1.82, 2.24) is 15.5 Å². The molecule has 2 N–H and O–H groups in total. The van der Waals surface area contributed by atoms with E-state index in [1.165, 1.54) is 0 Å². The first-order valence-electron chi connectivity index (χ1n) is 9.47. The normalized spacial score (nSPS) is 10.5. The fraction of sp³-hybridized carbons (Fsp3) is 0.273. The Hall–Kier alpha value is -3.28. The Morgan fingerprint density at radius 1 is 1.04 bits per heavy atom. The van der Waals surface area contributed by atoms with Crippen LogP contribution in [-0.4, -0.2) is 29.3 Å². The molecule has 0 aliphatic carbocycles. The van der Waals surface area contributed by atoms with Gasteiger partial charge in [0.2, 0.25) is 0 Å². The second-order valence-corrected chi connectivity index (χ2v) is 6.29. The summed E-state index contributed by atoms with van der Waals surface area (Å²) in [5.74, 6) is 1.10. The molecule has 0 fully saturated rings. The Balaban J connectivity index is 1.63. The Labute approximate surface area is 164 Å². The minimum atomic E-state index is -0.152. The van der Waals surface area contributed by atoms with E-state index in [4.69, 9.17) is 9.47 Å². The second-order valence-electron chi connectivity index (χ2n) is 6.29. The van der Waals surface area contributed by atoms with E-state index in [2.05, 4.69) is 15.5 Å². The highest BCUT2D eigenvalue weighted by Gasteiger charge is 2.11. The predicted molar refractivity (Wildman–Crippen MR) is 109 cm³/mol. The van der Waals surface area contributed by atoms with E-state index in [0.29, 0.717) is 36.8 Å². The first-order valence-corrected chi connectivity index (χ1v) is 9.47. The lowest BCUT2D eigenvalue weighted by Gasteiger charge is -2.13. The zero-order valence-electron chi connectivity index (χ0n) is 16.2. The third-order valence-electron chi connectivity index (χ3n) is 4.19. The van der Waals surface area contributed by atoms with Crippen molar-refractivity contribution in [3.8, 4) is 22.8 Å². The van der Waals surface area contributed by atoms with Crippen LogP contribution in [0.5, 0.6) is 11.5 Å². The number of hydrogen-bond acceptors (Lipinski definition) is 4. The van der Waals surface area contributed by atoms with Crippen molar-refractivity contribution in [2.75, 3.05) is 13.2 Å². The molecule has 6 nitrogen and oxygen atoms in total. The summed E-state index contributed by atoms with van der Waals surface area (Å²) in [5.41, 5.74) is 3.58. The van der Waals surface area contributed by atoms with Gasteiger partial charge >= 0.3 is 0 Å². The standard InChI is InChI=1S/C22H25N3O3/c1-3-13-28-20-10-9-18(14-21(20)27-4-2)22(26)23-15-16-5-7-17(8-6-16)19-11-12-24-25-19/h5-12,14H,3-4,13,15H2,1-2H3,(H,23,26)(H,24,25). The van der Waals surface area contributed by atoms with Crippen molar-refractivity contribution in [2.45, 2.75) is 26.8 Å². The number of rotatable bonds is 9. The smallest absolute Gasteiger partial charge is 0.251 e. The van der Waals surface area contributed by atoms with Gasteiger partial charge in [0.1, 0.15) is 0 Å². The summed E-state index contributed by atoms with van der Waals surface area (Å²) >= 11 is 0. The van der Waals surface area contributed by atoms with Crippen LogP contribution in [-0.2, 0) is 6.54 Å². The maximum atomic E-state index is 12.5. The zero-order valence-corrected chi connectivity index (χ0v) is 16.2. The third kappa shape index (κ3) is 4.91. The SMILES string of the molecule is CCCOc1ccc(C(=O)NCc2ccc(-c3ccn[nH]3)cc2)cc1OCC. The van der Waals surface area contributed by atoms with Crippen molar-refractivity contribution in [3.05, 3.63) is 65.9 Å². The largest absolute Gasteiger partial charge is 0.490 e. The van der Waals surface area contributed by atoms with E-state index < -0.39 is 0 Å². The minimum Gasteiger partial charge on any atom is -0.490 e. The molecule has 3 rings (SSSR count). The molecule has 0 aliphatic rings. The molecule has 0 saturated heterocycles. The lowest BCUT2D eigenvalue weighted by molar-refractivity contribution is 0.0950. The van der Waals surface area contributed by atoms with Crippen LogP contribution >= 0.6 is 0 Å². The molecule has 28 heavy (non-hydrogen) atoms. The van der Waals surface area contributed by atoms with Crippen molar-refractivity contribution in [2.24, 2.45) is 0 Å². The molecule has 0 bridgehead atoms. The van der Waals surface area contributed by atoms with E-state index in [9.17, 15) is 4.79 Å². The number of aromatic nitrogens is 2. The maximum Gasteiger partial charge on any atom is 0.251 e. The van der Waals surface area contributed by atoms with Gasteiger partial charge in [-0.15, -0.1) is 0 Å². The van der Waals surface area contributed by atoms with Gasteiger partial charge in [-0.3, -0.25) is 9.89 Å². The molecule has 0 radical (unpaired) electrons. The van der Waals surface area contributed by atoms with Crippen molar-refractivity contribution >= 4 is 5.91 Å². The molecule has 146 valence electrons. The molecular formula is C22H25N3O3. The number of ether oxygens (including phenoxy) is 2. The number of nitrogens with one attached hydrogen (secondary N) is 2. The van der Waals surface area contributed by atoms with Gasteiger partial charge in [0, 0.05) is 18.3 Å². The molecule has 0 spiro atoms. The molecule has 2 aromatic carbocycles. The second kappa shape index (κ2) is 9.60. The summed E-state index contributed by atoms with van der Waals surface area (Å²) in [6.45, 7) is 5.52. The van der Waals surface area contributed by atoms with Gasteiger partial charge < -0.3 is 14.8 Å². The first-order chi connectivity index (χ1) is 13.7. The number of benzene rings is 2. The highest BCUT2D eigenvalue weighted by Crippen LogP contribution is 2.28. The van der Waals surface area contributed by atoms with Gasteiger partial charge in [0.25, 0.3) is 5.91 Å². The molecule has 1 amide bonds. The van der Waals surface area contributed by atoms with Crippen molar-refractivity contribution in [1.29, 1.82) is 0 Å². The highest BCUT2D eigenvalue weighted by molar-refractivity contribution is 5.94. The van der Waals surface area contributed by atoms with Gasteiger partial charge in [-0.1, -0.05) is 31.2 Å². The number of carbonyl (C=O) groups excluding carboxylic acids is 1. The van der Waals surface area contributed by atoms with Crippen LogP contribution in [0.3, 0.4) is 0 Å². The van der Waals surface area contributed by atoms with E-state index in [1.807, 2.05) is 44.2 Å². The number of aromatic amines is 1. The Morgan fingerprint density at radius 3 is 2.54 bits per heavy atom. The van der Waals surface area contributed by atoms with E-state index in [0.717, 1.165) is 23.2 Å². The van der Waals surface area contributed by atoms with Crippen LogP contribution in [0.15, 0.2) is 54.7 Å². The van der Waals surface area contributed by atoms with Gasteiger partial charge in [-0.2, -0.15) is 5.10 Å². The summed E-state index contributed by atoms with van der Waals surface area (Å²) in [6.07, 6.45) is 2.63. The highest BCUT2D eigenvalue weighted by atomic mass is 16.5. The summed E-state index contributed by atoms with van der Waals surface area (Å²) in [4.78, 5) is 12.5. The predicted octanol–water partition coefficient (Wildman–Crippen LogP) is 4.19. The number of amides is 1. The molecule has 0 aliphatic heterocycles. The molecule has 1 heterocycles. The summed E-state index contributed by atoms with van der Waals surface area (Å²) in [5, 5.41) is 9.84. The quantitative estimate of drug-likeness (QED) is 0.584. The number of carbonyl (C=O) groups is 1. The van der Waals surface area contributed by atoms with Crippen LogP contribution in [0.4, 0.5) is 0 Å². The number of H-pyrrole nitrogens is 1. The molecule has 0 atom stereocenters. The Bertz CT molecular complexity index is 890. The summed E-state index contributed by atoms with van der Waals surface area (Å²) in [7, 11) is 0. The van der Waals surface area contributed by atoms with Crippen molar-refractivity contribution < 1.29 is 14.3 Å². The topological polar surface area (TPSA) is 76.2 Å². The maximum absolute atomic E-state index is 12.5. The molecular weight excluding hydrogens is 354 g/mol. The zero-order chi connectivity index (χ0) is 19.8. The van der Waals surface area contributed by atoms with Crippen LogP contribution in [0.2, 0.25) is 0 Å². The van der Waals surface area contributed by atoms with Crippen LogP contribution in [0.1, 0.15) is 36.2 Å². The minimum absolute atomic E-state index is 0.152. The molecule has 0 saturated carbocycles. The third-order valence-corrected chi connectivity index (χ3v) is 4.19. The van der Waals surface area contributed by atoms with Crippen molar-refractivity contribution in [3.63, 3.8) is 0 Å². The monoisotopic (exact) mass is 379 g/mol. The summed E-state index contributed by atoms with van der Waals surface area (Å²) < 4.78 is 11.3. The number of hydrogen-bond donors (Lipinski definition) is 2. The average Bonchev–Trinajstić information content (AvgIpc) is 3.26. The average molecular weight is 379 g/mol. The fourth-order valence-electron chi connectivity index (χ4n) is 2.75. The van der Waals surface area contributed by atoms with E-state index in [1.54, 1.807) is 24.4 Å². The Morgan fingerprint density at radius 2 is 1.86 bits per heavy atom. The number of nitrogens with zero attached hydrogens (tertiary/aromatic N) is 1. The lowest BCUT2D eigenvalue weighted by atomic mass is 10.1. The van der Waals surface area contributed by atoms with Gasteiger partial charge in [-0.05, 0) is 48.7 Å². The molecule has 6 heteroatoms. The van der Waals surface area contributed by atoms with E-state index in [-0.39, 0.29) is 5.91 Å². The fourth-order valence-corrected chi connectivity index (χ4v) is 2.75. The van der Waals surface area contributed by atoms with Crippen LogP contribution in [0, 0.1) is 0 Å². The molecule has 1 aromatic heterocycles. The lowest BCUT2D eigenvalue weighted by Crippen LogP contribution is -2.22. The van der Waals surface area contributed by atoms with E-state index >= 15 is 0 Å². The molecule has 3 aromatic rings. The van der Waals surface area contributed by atoms with Gasteiger partial charge in [0.05, 0.1) is 18.9 Å². The summed E-state index contributed by atoms with van der Waals surface area (Å²) in [6, 6.07) is 15.2. The molecule has 0 unspecified atom stereocenters. The van der Waals surface area contributed by atoms with Gasteiger partial charge in [-0.25, -0.2) is 0 Å². The van der Waals surface area contributed by atoms with Gasteiger partial charge in [0.15, 0.2) is 11.5 Å². The van der Waals surface area contributed by atoms with Crippen LogP contribution < -0.4 is 14.8 Å². The Kier molecular flexibility index (Phi) is 6.68. The van der Waals surface area contributed by atoms with Crippen LogP contribution in [0.25, 0.3) is 11.3 Å².